The minimum atomic E-state index is -4.62. The van der Waals surface area contributed by atoms with Crippen molar-refractivity contribution in [2.75, 3.05) is 11.1 Å². The first-order valence-corrected chi connectivity index (χ1v) is 7.77. The largest absolute Gasteiger partial charge is 0.468 e. The lowest BCUT2D eigenvalue weighted by atomic mass is 10.1. The molecule has 10 heteroatoms. The van der Waals surface area contributed by atoms with Crippen LogP contribution in [0.15, 0.2) is 34.9 Å². The number of halogens is 4. The van der Waals surface area contributed by atoms with Crippen LogP contribution in [-0.4, -0.2) is 15.0 Å². The van der Waals surface area contributed by atoms with Gasteiger partial charge in [0, 0.05) is 12.1 Å². The highest BCUT2D eigenvalue weighted by atomic mass is 35.5. The van der Waals surface area contributed by atoms with E-state index in [0.717, 1.165) is 5.56 Å². The molecule has 0 aliphatic rings. The van der Waals surface area contributed by atoms with Crippen LogP contribution in [0.25, 0.3) is 11.3 Å². The third-order valence-corrected chi connectivity index (χ3v) is 3.70. The van der Waals surface area contributed by atoms with Crippen LogP contribution >= 0.6 is 11.6 Å². The van der Waals surface area contributed by atoms with Crippen molar-refractivity contribution in [1.29, 1.82) is 0 Å². The van der Waals surface area contributed by atoms with Gasteiger partial charge in [0.25, 0.3) is 0 Å². The number of nitrogens with two attached hydrogens (primary N) is 1. The molecule has 3 N–H and O–H groups in total. The van der Waals surface area contributed by atoms with Crippen LogP contribution in [-0.2, 0) is 12.7 Å². The summed E-state index contributed by atoms with van der Waals surface area (Å²) in [6.45, 7) is 1.83. The number of aryl methyl sites for hydroxylation is 1. The fourth-order valence-corrected chi connectivity index (χ4v) is 2.40. The summed E-state index contributed by atoms with van der Waals surface area (Å²) in [7, 11) is 0. The highest BCUT2D eigenvalue weighted by molar-refractivity contribution is 6.28. The Kier molecular flexibility index (Phi) is 4.73. The molecule has 0 fully saturated rings. The van der Waals surface area contributed by atoms with Crippen molar-refractivity contribution >= 4 is 23.1 Å². The molecule has 0 saturated carbocycles. The minimum absolute atomic E-state index is 0.0685. The minimum Gasteiger partial charge on any atom is -0.438 e. The molecule has 26 heavy (non-hydrogen) atoms. The fraction of sp³-hybridized carbons (Fsp3) is 0.188. The van der Waals surface area contributed by atoms with E-state index in [2.05, 4.69) is 20.3 Å². The summed E-state index contributed by atoms with van der Waals surface area (Å²) >= 11 is 5.72. The number of rotatable bonds is 4. The van der Waals surface area contributed by atoms with E-state index >= 15 is 0 Å². The summed E-state index contributed by atoms with van der Waals surface area (Å²) in [6, 6.07) is 6.84. The van der Waals surface area contributed by atoms with Crippen molar-refractivity contribution < 1.29 is 17.6 Å². The van der Waals surface area contributed by atoms with Crippen LogP contribution < -0.4 is 11.1 Å². The van der Waals surface area contributed by atoms with Crippen molar-refractivity contribution in [2.24, 2.45) is 0 Å². The number of anilines is 2. The van der Waals surface area contributed by atoms with E-state index in [0.29, 0.717) is 23.6 Å². The van der Waals surface area contributed by atoms with E-state index in [4.69, 9.17) is 21.8 Å². The maximum atomic E-state index is 12.7. The zero-order chi connectivity index (χ0) is 18.9. The van der Waals surface area contributed by atoms with Gasteiger partial charge in [-0.25, -0.2) is 9.97 Å². The average molecular weight is 384 g/mol. The summed E-state index contributed by atoms with van der Waals surface area (Å²) in [5.41, 5.74) is 7.64. The molecule has 0 radical (unpaired) electrons. The standard InChI is InChI=1S/C16H13ClF3N5O/c1-8-12(24-14(26-8)16(18,19)20)10-4-2-9(3-5-10)6-22-13-11(21)7-23-15(17)25-13/h2-5,7H,6,21H2,1H3,(H,22,23,25). The lowest BCUT2D eigenvalue weighted by molar-refractivity contribution is -0.157. The van der Waals surface area contributed by atoms with Gasteiger partial charge in [0.2, 0.25) is 5.28 Å². The van der Waals surface area contributed by atoms with Gasteiger partial charge in [-0.2, -0.15) is 18.2 Å². The molecule has 6 nitrogen and oxygen atoms in total. The van der Waals surface area contributed by atoms with Gasteiger partial charge in [-0.1, -0.05) is 24.3 Å². The van der Waals surface area contributed by atoms with Crippen LogP contribution in [0.4, 0.5) is 24.7 Å². The molecule has 0 aliphatic heterocycles. The molecule has 0 aliphatic carbocycles. The number of oxazole rings is 1. The number of alkyl halides is 3. The molecule has 136 valence electrons. The predicted octanol–water partition coefficient (Wildman–Crippen LogP) is 4.31. The van der Waals surface area contributed by atoms with Gasteiger partial charge >= 0.3 is 12.1 Å². The Morgan fingerprint density at radius 1 is 1.19 bits per heavy atom. The molecule has 0 saturated heterocycles. The van der Waals surface area contributed by atoms with Crippen molar-refractivity contribution in [3.05, 3.63) is 53.0 Å². The third kappa shape index (κ3) is 3.88. The molecular formula is C16H13ClF3N5O. The molecule has 0 bridgehead atoms. The molecule has 0 unspecified atom stereocenters. The molecular weight excluding hydrogens is 371 g/mol. The van der Waals surface area contributed by atoms with Crippen molar-refractivity contribution in [1.82, 2.24) is 15.0 Å². The average Bonchev–Trinajstić information content (AvgIpc) is 2.98. The van der Waals surface area contributed by atoms with Crippen LogP contribution in [0, 0.1) is 6.92 Å². The normalized spacial score (nSPS) is 11.6. The SMILES string of the molecule is Cc1oc(C(F)(F)F)nc1-c1ccc(CNc2nc(Cl)ncc2N)cc1. The van der Waals surface area contributed by atoms with E-state index in [-0.39, 0.29) is 16.7 Å². The number of nitrogens with one attached hydrogen (secondary N) is 1. The quantitative estimate of drug-likeness (QED) is 0.652. The molecule has 3 aromatic rings. The van der Waals surface area contributed by atoms with Gasteiger partial charge in [0.15, 0.2) is 5.82 Å². The van der Waals surface area contributed by atoms with E-state index in [1.54, 1.807) is 24.3 Å². The maximum Gasteiger partial charge on any atom is 0.468 e. The second-order valence-corrected chi connectivity index (χ2v) is 5.75. The number of nitrogens with zero attached hydrogens (tertiary/aromatic N) is 3. The number of nitrogen functional groups attached to an aromatic ring is 1. The summed E-state index contributed by atoms with van der Waals surface area (Å²) in [5.74, 6) is -0.755. The molecule has 1 aromatic carbocycles. The summed E-state index contributed by atoms with van der Waals surface area (Å²) in [6.07, 6.45) is -3.22. The Morgan fingerprint density at radius 2 is 1.88 bits per heavy atom. The molecule has 0 atom stereocenters. The van der Waals surface area contributed by atoms with E-state index in [1.807, 2.05) is 0 Å². The maximum absolute atomic E-state index is 12.7. The van der Waals surface area contributed by atoms with Crippen molar-refractivity contribution in [3.63, 3.8) is 0 Å². The van der Waals surface area contributed by atoms with Crippen molar-refractivity contribution in [3.8, 4) is 11.3 Å². The highest BCUT2D eigenvalue weighted by Gasteiger charge is 2.38. The predicted molar refractivity (Wildman–Crippen MR) is 90.5 cm³/mol. The Bertz CT molecular complexity index is 925. The van der Waals surface area contributed by atoms with E-state index in [9.17, 15) is 13.2 Å². The van der Waals surface area contributed by atoms with Crippen LogP contribution in [0.2, 0.25) is 5.28 Å². The lowest BCUT2D eigenvalue weighted by Gasteiger charge is -2.08. The van der Waals surface area contributed by atoms with Gasteiger partial charge in [-0.05, 0) is 24.1 Å². The first-order valence-electron chi connectivity index (χ1n) is 7.40. The summed E-state index contributed by atoms with van der Waals surface area (Å²) in [5, 5.41) is 3.09. The number of benzene rings is 1. The molecule has 2 heterocycles. The van der Waals surface area contributed by atoms with Gasteiger partial charge < -0.3 is 15.5 Å². The van der Waals surface area contributed by atoms with E-state index in [1.165, 1.54) is 13.1 Å². The first kappa shape index (κ1) is 18.0. The van der Waals surface area contributed by atoms with Gasteiger partial charge in [0.1, 0.15) is 11.5 Å². The Morgan fingerprint density at radius 3 is 2.50 bits per heavy atom. The second-order valence-electron chi connectivity index (χ2n) is 5.42. The smallest absolute Gasteiger partial charge is 0.438 e. The number of hydrogen-bond donors (Lipinski definition) is 2. The third-order valence-electron chi connectivity index (χ3n) is 3.51. The summed E-state index contributed by atoms with van der Waals surface area (Å²) < 4.78 is 42.8. The molecule has 3 rings (SSSR count). The molecule has 0 spiro atoms. The monoisotopic (exact) mass is 383 g/mol. The van der Waals surface area contributed by atoms with E-state index < -0.39 is 12.1 Å². The van der Waals surface area contributed by atoms with Gasteiger partial charge in [-0.3, -0.25) is 0 Å². The van der Waals surface area contributed by atoms with Crippen LogP contribution in [0.3, 0.4) is 0 Å². The Labute approximate surface area is 151 Å². The van der Waals surface area contributed by atoms with Crippen molar-refractivity contribution in [2.45, 2.75) is 19.6 Å². The zero-order valence-corrected chi connectivity index (χ0v) is 14.2. The lowest BCUT2D eigenvalue weighted by Crippen LogP contribution is -2.05. The van der Waals surface area contributed by atoms with Crippen LogP contribution in [0.5, 0.6) is 0 Å². The summed E-state index contributed by atoms with van der Waals surface area (Å²) in [4.78, 5) is 11.3. The highest BCUT2D eigenvalue weighted by Crippen LogP contribution is 2.33. The van der Waals surface area contributed by atoms with Gasteiger partial charge in [0.05, 0.1) is 11.9 Å². The molecule has 2 aromatic heterocycles. The Balaban J connectivity index is 1.75. The van der Waals surface area contributed by atoms with Gasteiger partial charge in [-0.15, -0.1) is 0 Å². The Hall–Kier alpha value is -2.81. The first-order chi connectivity index (χ1) is 12.2. The fourth-order valence-electron chi connectivity index (χ4n) is 2.26. The molecule has 0 amide bonds. The topological polar surface area (TPSA) is 89.9 Å². The van der Waals surface area contributed by atoms with Crippen LogP contribution in [0.1, 0.15) is 17.2 Å². The number of hydrogen-bond acceptors (Lipinski definition) is 6. The number of aromatic nitrogens is 3. The second kappa shape index (κ2) is 6.83. The zero-order valence-electron chi connectivity index (χ0n) is 13.4.